The molecule has 1 amide bonds. The Morgan fingerprint density at radius 2 is 1.71 bits per heavy atom. The van der Waals surface area contributed by atoms with Crippen LogP contribution in [0, 0.1) is 44.7 Å². The molecule has 48 heavy (non-hydrogen) atoms. The summed E-state index contributed by atoms with van der Waals surface area (Å²) in [5, 5.41) is 14.4. The first-order valence-corrected chi connectivity index (χ1v) is 16.2. The maximum atomic E-state index is 14.3. The molecule has 0 saturated heterocycles. The quantitative estimate of drug-likeness (QED) is 0.166. The van der Waals surface area contributed by atoms with Gasteiger partial charge >= 0.3 is 0 Å². The summed E-state index contributed by atoms with van der Waals surface area (Å²) in [6.07, 6.45) is 1.85. The normalized spacial score (nSPS) is 14.5. The number of aromatic nitrogens is 2. The monoisotopic (exact) mass is 661 g/mol. The molecular weight excluding hydrogens is 627 g/mol. The number of non-ortho nitro benzene ring substituents is 1. The maximum Gasteiger partial charge on any atom is 0.271 e. The van der Waals surface area contributed by atoms with Crippen molar-refractivity contribution in [3.05, 3.63) is 147 Å². The van der Waals surface area contributed by atoms with Crippen LogP contribution in [-0.4, -0.2) is 27.1 Å². The number of fused-ring (bicyclic) bond motifs is 1. The number of ether oxygens (including phenoxy) is 1. The highest BCUT2D eigenvalue weighted by atomic mass is 32.1. The van der Waals surface area contributed by atoms with Gasteiger partial charge in [-0.2, -0.15) is 0 Å². The number of anilines is 1. The minimum Gasteiger partial charge on any atom is -0.497 e. The zero-order chi connectivity index (χ0) is 34.4. The number of carbonyl (C=O) groups is 1. The van der Waals surface area contributed by atoms with Gasteiger partial charge in [-0.1, -0.05) is 41.2 Å². The van der Waals surface area contributed by atoms with Crippen LogP contribution in [0.3, 0.4) is 0 Å². The van der Waals surface area contributed by atoms with E-state index < -0.39 is 11.0 Å². The number of hydrogen-bond donors (Lipinski definition) is 1. The molecule has 1 aliphatic heterocycles. The summed E-state index contributed by atoms with van der Waals surface area (Å²) in [5.74, 6) is 0.326. The van der Waals surface area contributed by atoms with Crippen molar-refractivity contribution in [2.75, 3.05) is 12.4 Å². The summed E-state index contributed by atoms with van der Waals surface area (Å²) >= 11 is 1.27. The molecule has 2 aromatic heterocycles. The molecule has 6 rings (SSSR count). The number of hydrogen-bond acceptors (Lipinski definition) is 7. The van der Waals surface area contributed by atoms with Gasteiger partial charge < -0.3 is 14.6 Å². The molecule has 0 radical (unpaired) electrons. The van der Waals surface area contributed by atoms with Crippen LogP contribution in [0.4, 0.5) is 11.4 Å². The standard InChI is InChI=1S/C37H35N5O5S/c1-20-8-14-30(21(2)16-20)39-35(43)33-24(5)38-37-41(34(33)26-9-12-29(47-7)13-10-26)36(44)32(48-37)19-27-18-23(4)40(25(27)6)31-15-11-28(42(45)46)17-22(31)3/h8-19,34H,1-7H3,(H,39,43)/b32-19+/t34-/m1/s1. The Morgan fingerprint density at radius 3 is 2.35 bits per heavy atom. The lowest BCUT2D eigenvalue weighted by atomic mass is 9.95. The van der Waals surface area contributed by atoms with Gasteiger partial charge in [-0.25, -0.2) is 4.99 Å². The number of nitrogens with zero attached hydrogens (tertiary/aromatic N) is 4. The zero-order valence-corrected chi connectivity index (χ0v) is 28.6. The zero-order valence-electron chi connectivity index (χ0n) is 27.7. The minimum atomic E-state index is -0.727. The summed E-state index contributed by atoms with van der Waals surface area (Å²) < 4.78 is 9.48. The molecule has 1 N–H and O–H groups in total. The number of rotatable bonds is 7. The second kappa shape index (κ2) is 12.6. The molecule has 0 fully saturated rings. The van der Waals surface area contributed by atoms with Crippen molar-refractivity contribution in [2.45, 2.75) is 47.6 Å². The summed E-state index contributed by atoms with van der Waals surface area (Å²) in [4.78, 5) is 44.5. The first-order valence-electron chi connectivity index (χ1n) is 15.4. The van der Waals surface area contributed by atoms with Gasteiger partial charge in [0.15, 0.2) is 4.80 Å². The molecule has 11 heteroatoms. The summed E-state index contributed by atoms with van der Waals surface area (Å²) in [5.41, 5.74) is 8.35. The van der Waals surface area contributed by atoms with E-state index in [1.54, 1.807) is 30.7 Å². The Hall–Kier alpha value is -5.55. The van der Waals surface area contributed by atoms with E-state index in [-0.39, 0.29) is 17.2 Å². The number of nitro benzene ring substituents is 1. The van der Waals surface area contributed by atoms with Crippen molar-refractivity contribution in [1.82, 2.24) is 9.13 Å². The van der Waals surface area contributed by atoms with E-state index in [1.807, 2.05) is 93.8 Å². The molecule has 3 aromatic carbocycles. The van der Waals surface area contributed by atoms with Gasteiger partial charge in [-0.05, 0) is 100 Å². The number of thiazole rings is 1. The Morgan fingerprint density at radius 1 is 0.979 bits per heavy atom. The van der Waals surface area contributed by atoms with Crippen molar-refractivity contribution in [3.8, 4) is 11.4 Å². The van der Waals surface area contributed by atoms with Gasteiger partial charge in [0.2, 0.25) is 0 Å². The molecule has 0 spiro atoms. The van der Waals surface area contributed by atoms with Crippen LogP contribution in [0.15, 0.2) is 87.8 Å². The molecule has 5 aromatic rings. The third-order valence-electron chi connectivity index (χ3n) is 8.72. The smallest absolute Gasteiger partial charge is 0.271 e. The highest BCUT2D eigenvalue weighted by Crippen LogP contribution is 2.32. The SMILES string of the molecule is COc1ccc([C@@H]2C(C(=O)Nc3ccc(C)cc3C)=C(C)N=c3s/c(=C/c4cc(C)n(-c5ccc([N+](=O)[O-])cc5C)c4C)c(=O)n32)cc1. The number of nitro groups is 1. The van der Waals surface area contributed by atoms with Crippen LogP contribution in [-0.2, 0) is 4.79 Å². The molecule has 3 heterocycles. The van der Waals surface area contributed by atoms with Gasteiger partial charge in [0.1, 0.15) is 5.75 Å². The van der Waals surface area contributed by atoms with Crippen molar-refractivity contribution in [3.63, 3.8) is 0 Å². The first kappa shape index (κ1) is 32.4. The molecule has 244 valence electrons. The molecule has 0 saturated carbocycles. The lowest BCUT2D eigenvalue weighted by Crippen LogP contribution is -2.40. The van der Waals surface area contributed by atoms with E-state index in [1.165, 1.54) is 17.4 Å². The Balaban J connectivity index is 1.47. The van der Waals surface area contributed by atoms with E-state index >= 15 is 0 Å². The van der Waals surface area contributed by atoms with Crippen molar-refractivity contribution < 1.29 is 14.5 Å². The van der Waals surface area contributed by atoms with Gasteiger partial charge in [-0.15, -0.1) is 0 Å². The summed E-state index contributed by atoms with van der Waals surface area (Å²) in [6, 6.07) is 19.2. The molecule has 1 atom stereocenters. The lowest BCUT2D eigenvalue weighted by molar-refractivity contribution is -0.384. The summed E-state index contributed by atoms with van der Waals surface area (Å²) in [6.45, 7) is 11.5. The maximum absolute atomic E-state index is 14.3. The van der Waals surface area contributed by atoms with E-state index in [0.29, 0.717) is 32.0 Å². The van der Waals surface area contributed by atoms with Gasteiger partial charge in [0, 0.05) is 34.9 Å². The Kier molecular flexibility index (Phi) is 8.48. The molecule has 10 nitrogen and oxygen atoms in total. The van der Waals surface area contributed by atoms with Crippen LogP contribution in [0.1, 0.15) is 52.2 Å². The van der Waals surface area contributed by atoms with Crippen LogP contribution in [0.2, 0.25) is 0 Å². The Labute approximate surface area is 281 Å². The molecule has 0 bridgehead atoms. The lowest BCUT2D eigenvalue weighted by Gasteiger charge is -2.25. The fourth-order valence-corrected chi connectivity index (χ4v) is 7.34. The second-order valence-corrected chi connectivity index (χ2v) is 13.0. The number of amides is 1. The van der Waals surface area contributed by atoms with E-state index in [4.69, 9.17) is 9.73 Å². The first-order chi connectivity index (χ1) is 22.9. The molecular formula is C37H35N5O5S. The van der Waals surface area contributed by atoms with Crippen LogP contribution in [0.5, 0.6) is 5.75 Å². The number of nitrogens with one attached hydrogen (secondary N) is 1. The second-order valence-electron chi connectivity index (χ2n) is 12.0. The third kappa shape index (κ3) is 5.77. The molecule has 0 unspecified atom stereocenters. The molecule has 1 aliphatic rings. The largest absolute Gasteiger partial charge is 0.497 e. The van der Waals surface area contributed by atoms with Gasteiger partial charge in [0.25, 0.3) is 17.2 Å². The van der Waals surface area contributed by atoms with Crippen LogP contribution < -0.4 is 24.9 Å². The fraction of sp³-hybridized carbons (Fsp3) is 0.216. The number of aryl methyl sites for hydroxylation is 4. The van der Waals surface area contributed by atoms with Crippen LogP contribution in [0.25, 0.3) is 11.8 Å². The minimum absolute atomic E-state index is 0.0313. The average Bonchev–Trinajstić information content (AvgIpc) is 3.50. The topological polar surface area (TPSA) is 121 Å². The molecule has 0 aliphatic carbocycles. The van der Waals surface area contributed by atoms with E-state index in [2.05, 4.69) is 5.32 Å². The predicted molar refractivity (Wildman–Crippen MR) is 188 cm³/mol. The summed E-state index contributed by atoms with van der Waals surface area (Å²) in [7, 11) is 1.59. The number of methoxy groups -OCH3 is 1. The van der Waals surface area contributed by atoms with Crippen LogP contribution >= 0.6 is 11.3 Å². The van der Waals surface area contributed by atoms with Crippen molar-refractivity contribution in [2.24, 2.45) is 4.99 Å². The van der Waals surface area contributed by atoms with Gasteiger partial charge in [-0.3, -0.25) is 24.3 Å². The highest BCUT2D eigenvalue weighted by Gasteiger charge is 2.33. The van der Waals surface area contributed by atoms with E-state index in [9.17, 15) is 19.7 Å². The van der Waals surface area contributed by atoms with Crippen molar-refractivity contribution in [1.29, 1.82) is 0 Å². The highest BCUT2D eigenvalue weighted by molar-refractivity contribution is 7.07. The van der Waals surface area contributed by atoms with E-state index in [0.717, 1.165) is 44.9 Å². The number of benzene rings is 3. The Bertz CT molecular complexity index is 2340. The number of allylic oxidation sites excluding steroid dienone is 1. The van der Waals surface area contributed by atoms with Gasteiger partial charge in [0.05, 0.1) is 33.9 Å². The third-order valence-corrected chi connectivity index (χ3v) is 9.70. The average molecular weight is 662 g/mol. The fourth-order valence-electron chi connectivity index (χ4n) is 6.31. The number of carbonyl (C=O) groups excluding carboxylic acids is 1. The van der Waals surface area contributed by atoms with Crippen molar-refractivity contribution >= 4 is 34.7 Å². The predicted octanol–water partition coefficient (Wildman–Crippen LogP) is 6.12.